The summed E-state index contributed by atoms with van der Waals surface area (Å²) in [6.45, 7) is 3.95. The maximum absolute atomic E-state index is 12.0. The van der Waals surface area contributed by atoms with Gasteiger partial charge in [0.15, 0.2) is 0 Å². The van der Waals surface area contributed by atoms with Crippen LogP contribution in [0.5, 0.6) is 0 Å². The largest absolute Gasteiger partial charge is 0.462 e. The van der Waals surface area contributed by atoms with Gasteiger partial charge in [-0.1, -0.05) is 5.16 Å². The predicted molar refractivity (Wildman–Crippen MR) is 91.2 cm³/mol. The molecule has 0 aliphatic rings. The molecule has 0 amide bonds. The summed E-state index contributed by atoms with van der Waals surface area (Å²) in [7, 11) is 0. The molecule has 0 bridgehead atoms. The zero-order chi connectivity index (χ0) is 18.5. The van der Waals surface area contributed by atoms with Crippen LogP contribution in [0.1, 0.15) is 34.7 Å². The fraction of sp³-hybridized carbons (Fsp3) is 0.235. The molecule has 9 nitrogen and oxygen atoms in total. The monoisotopic (exact) mass is 356 g/mol. The predicted octanol–water partition coefficient (Wildman–Crippen LogP) is 2.71. The van der Waals surface area contributed by atoms with Gasteiger partial charge < -0.3 is 19.3 Å². The SMILES string of the molecule is CCOC(=O)c1ccc(Nc2ncnc3onc(C(=O)OCC)c23)cc1. The van der Waals surface area contributed by atoms with Crippen molar-refractivity contribution >= 4 is 34.5 Å². The molecule has 1 N–H and O–H groups in total. The Hall–Kier alpha value is -3.49. The van der Waals surface area contributed by atoms with E-state index in [0.29, 0.717) is 29.1 Å². The molecule has 0 spiro atoms. The van der Waals surface area contributed by atoms with Crippen molar-refractivity contribution in [2.75, 3.05) is 18.5 Å². The summed E-state index contributed by atoms with van der Waals surface area (Å²) in [4.78, 5) is 31.8. The van der Waals surface area contributed by atoms with Gasteiger partial charge >= 0.3 is 11.9 Å². The van der Waals surface area contributed by atoms with Crippen LogP contribution >= 0.6 is 0 Å². The van der Waals surface area contributed by atoms with Crippen LogP contribution in [0.3, 0.4) is 0 Å². The molecule has 134 valence electrons. The van der Waals surface area contributed by atoms with E-state index in [4.69, 9.17) is 14.0 Å². The molecule has 0 radical (unpaired) electrons. The number of benzene rings is 1. The number of nitrogens with zero attached hydrogens (tertiary/aromatic N) is 3. The van der Waals surface area contributed by atoms with Crippen molar-refractivity contribution in [1.29, 1.82) is 0 Å². The summed E-state index contributed by atoms with van der Waals surface area (Å²) < 4.78 is 15.0. The highest BCUT2D eigenvalue weighted by Gasteiger charge is 2.22. The lowest BCUT2D eigenvalue weighted by atomic mass is 10.2. The molecule has 9 heteroatoms. The number of carbonyl (C=O) groups is 2. The van der Waals surface area contributed by atoms with Gasteiger partial charge in [-0.15, -0.1) is 0 Å². The number of hydrogen-bond donors (Lipinski definition) is 1. The Balaban J connectivity index is 1.90. The summed E-state index contributed by atoms with van der Waals surface area (Å²) in [5, 5.41) is 7.10. The van der Waals surface area contributed by atoms with Crippen LogP contribution in [0.15, 0.2) is 35.1 Å². The van der Waals surface area contributed by atoms with Gasteiger partial charge in [-0.3, -0.25) is 0 Å². The fourth-order valence-corrected chi connectivity index (χ4v) is 2.26. The Morgan fingerprint density at radius 3 is 2.42 bits per heavy atom. The maximum atomic E-state index is 12.0. The zero-order valence-corrected chi connectivity index (χ0v) is 14.2. The molecule has 3 aromatic rings. The van der Waals surface area contributed by atoms with Crippen LogP contribution in [0.2, 0.25) is 0 Å². The normalized spacial score (nSPS) is 10.5. The summed E-state index contributed by atoms with van der Waals surface area (Å²) in [5.74, 6) is -0.683. The number of esters is 2. The quantitative estimate of drug-likeness (QED) is 0.665. The highest BCUT2D eigenvalue weighted by atomic mass is 16.5. The van der Waals surface area contributed by atoms with Crippen LogP contribution in [0.25, 0.3) is 11.1 Å². The first-order valence-electron chi connectivity index (χ1n) is 7.95. The van der Waals surface area contributed by atoms with E-state index < -0.39 is 11.9 Å². The third-order valence-electron chi connectivity index (χ3n) is 3.40. The molecule has 0 aliphatic carbocycles. The van der Waals surface area contributed by atoms with Crippen molar-refractivity contribution in [2.45, 2.75) is 13.8 Å². The fourth-order valence-electron chi connectivity index (χ4n) is 2.26. The van der Waals surface area contributed by atoms with Gasteiger partial charge in [0, 0.05) is 5.69 Å². The first-order chi connectivity index (χ1) is 12.6. The van der Waals surface area contributed by atoms with Crippen molar-refractivity contribution in [3.63, 3.8) is 0 Å². The van der Waals surface area contributed by atoms with E-state index in [-0.39, 0.29) is 18.0 Å². The third kappa shape index (κ3) is 3.46. The van der Waals surface area contributed by atoms with E-state index in [1.807, 2.05) is 0 Å². The molecule has 0 unspecified atom stereocenters. The van der Waals surface area contributed by atoms with Crippen LogP contribution < -0.4 is 5.32 Å². The molecule has 0 aliphatic heterocycles. The molecular formula is C17H16N4O5. The molecule has 0 saturated carbocycles. The van der Waals surface area contributed by atoms with E-state index in [1.165, 1.54) is 6.33 Å². The van der Waals surface area contributed by atoms with Crippen molar-refractivity contribution in [3.8, 4) is 0 Å². The minimum atomic E-state index is -0.623. The molecule has 2 heterocycles. The first-order valence-corrected chi connectivity index (χ1v) is 7.95. The Bertz CT molecular complexity index is 936. The second kappa shape index (κ2) is 7.60. The molecule has 1 aromatic carbocycles. The van der Waals surface area contributed by atoms with Crippen LogP contribution in [0.4, 0.5) is 11.5 Å². The van der Waals surface area contributed by atoms with Gasteiger partial charge in [0.1, 0.15) is 17.5 Å². The van der Waals surface area contributed by atoms with Gasteiger partial charge in [0.25, 0.3) is 5.71 Å². The number of hydrogen-bond acceptors (Lipinski definition) is 9. The van der Waals surface area contributed by atoms with Crippen LogP contribution in [0, 0.1) is 0 Å². The molecule has 0 fully saturated rings. The minimum absolute atomic E-state index is 0.00639. The molecule has 0 saturated heterocycles. The maximum Gasteiger partial charge on any atom is 0.361 e. The van der Waals surface area contributed by atoms with Gasteiger partial charge in [-0.05, 0) is 38.1 Å². The second-order valence-corrected chi connectivity index (χ2v) is 5.08. The molecule has 3 rings (SSSR count). The molecular weight excluding hydrogens is 340 g/mol. The Kier molecular flexibility index (Phi) is 5.07. The van der Waals surface area contributed by atoms with E-state index in [2.05, 4.69) is 20.4 Å². The van der Waals surface area contributed by atoms with Crippen molar-refractivity contribution in [1.82, 2.24) is 15.1 Å². The highest BCUT2D eigenvalue weighted by molar-refractivity contribution is 6.05. The minimum Gasteiger partial charge on any atom is -0.462 e. The summed E-state index contributed by atoms with van der Waals surface area (Å²) in [5.41, 5.74) is 1.23. The lowest BCUT2D eigenvalue weighted by Gasteiger charge is -2.07. The smallest absolute Gasteiger partial charge is 0.361 e. The van der Waals surface area contributed by atoms with E-state index >= 15 is 0 Å². The van der Waals surface area contributed by atoms with Crippen molar-refractivity contribution < 1.29 is 23.6 Å². The summed E-state index contributed by atoms with van der Waals surface area (Å²) in [6, 6.07) is 6.63. The van der Waals surface area contributed by atoms with Gasteiger partial charge in [-0.25, -0.2) is 14.6 Å². The number of ether oxygens (including phenoxy) is 2. The Labute approximate surface area is 148 Å². The number of carbonyl (C=O) groups excluding carboxylic acids is 2. The average molecular weight is 356 g/mol. The Morgan fingerprint density at radius 1 is 1.04 bits per heavy atom. The lowest BCUT2D eigenvalue weighted by Crippen LogP contribution is -2.07. The standard InChI is InChI=1S/C17H16N4O5/c1-3-24-16(22)10-5-7-11(8-6-10)20-14-12-13(17(23)25-4-2)21-26-15(12)19-9-18-14/h5-9H,3-4H2,1-2H3,(H,18,19,20). The number of nitrogens with one attached hydrogen (secondary N) is 1. The van der Waals surface area contributed by atoms with Gasteiger partial charge in [0.05, 0.1) is 18.8 Å². The average Bonchev–Trinajstić information content (AvgIpc) is 3.08. The third-order valence-corrected chi connectivity index (χ3v) is 3.40. The number of rotatable bonds is 6. The van der Waals surface area contributed by atoms with Gasteiger partial charge in [-0.2, -0.15) is 4.98 Å². The van der Waals surface area contributed by atoms with Gasteiger partial charge in [0.2, 0.25) is 5.69 Å². The van der Waals surface area contributed by atoms with E-state index in [0.717, 1.165) is 0 Å². The summed E-state index contributed by atoms with van der Waals surface area (Å²) in [6.07, 6.45) is 1.29. The van der Waals surface area contributed by atoms with Crippen LogP contribution in [-0.4, -0.2) is 40.3 Å². The topological polar surface area (TPSA) is 116 Å². The number of anilines is 2. The highest BCUT2D eigenvalue weighted by Crippen LogP contribution is 2.26. The lowest BCUT2D eigenvalue weighted by molar-refractivity contribution is 0.0511. The molecule has 0 atom stereocenters. The van der Waals surface area contributed by atoms with E-state index in [9.17, 15) is 9.59 Å². The van der Waals surface area contributed by atoms with Crippen LogP contribution in [-0.2, 0) is 9.47 Å². The zero-order valence-electron chi connectivity index (χ0n) is 14.2. The summed E-state index contributed by atoms with van der Waals surface area (Å²) >= 11 is 0. The first kappa shape index (κ1) is 17.3. The number of fused-ring (bicyclic) bond motifs is 1. The van der Waals surface area contributed by atoms with Crippen molar-refractivity contribution in [2.24, 2.45) is 0 Å². The second-order valence-electron chi connectivity index (χ2n) is 5.08. The van der Waals surface area contributed by atoms with Crippen molar-refractivity contribution in [3.05, 3.63) is 41.9 Å². The molecule has 2 aromatic heterocycles. The molecule has 26 heavy (non-hydrogen) atoms. The Morgan fingerprint density at radius 2 is 1.73 bits per heavy atom. The van der Waals surface area contributed by atoms with E-state index in [1.54, 1.807) is 38.1 Å². The number of aromatic nitrogens is 3.